The van der Waals surface area contributed by atoms with Crippen LogP contribution in [0.25, 0.3) is 10.1 Å². The molecule has 6 heteroatoms. The number of hydrogen-bond donors (Lipinski definition) is 2. The lowest BCUT2D eigenvalue weighted by molar-refractivity contribution is 0.0229. The Bertz CT molecular complexity index is 652. The van der Waals surface area contributed by atoms with Gasteiger partial charge in [-0.05, 0) is 26.0 Å². The third kappa shape index (κ3) is 2.90. The molecule has 1 amide bonds. The highest BCUT2D eigenvalue weighted by molar-refractivity contribution is 7.21. The molecule has 3 N–H and O–H groups in total. The summed E-state index contributed by atoms with van der Waals surface area (Å²) in [6, 6.07) is 5.51. The van der Waals surface area contributed by atoms with Crippen molar-refractivity contribution in [2.45, 2.75) is 19.4 Å². The molecular weight excluding hydrogens is 296 g/mol. The fraction of sp³-hybridized carbons (Fsp3) is 0.357. The van der Waals surface area contributed by atoms with Gasteiger partial charge in [0.2, 0.25) is 0 Å². The molecule has 0 fully saturated rings. The van der Waals surface area contributed by atoms with Crippen molar-refractivity contribution in [2.24, 2.45) is 0 Å². The third-order valence-corrected chi connectivity index (χ3v) is 4.62. The van der Waals surface area contributed by atoms with Crippen molar-refractivity contribution in [2.75, 3.05) is 19.4 Å². The lowest BCUT2D eigenvalue weighted by Crippen LogP contribution is -2.39. The van der Waals surface area contributed by atoms with Crippen molar-refractivity contribution in [1.29, 1.82) is 0 Å². The molecule has 1 heterocycles. The maximum atomic E-state index is 12.2. The van der Waals surface area contributed by atoms with E-state index in [0.717, 1.165) is 10.1 Å². The normalized spacial score (nSPS) is 11.8. The molecule has 0 spiro atoms. The number of nitrogen functional groups attached to an aromatic ring is 1. The number of thiophene rings is 1. The number of benzene rings is 1. The predicted molar refractivity (Wildman–Crippen MR) is 84.7 cm³/mol. The van der Waals surface area contributed by atoms with Crippen molar-refractivity contribution in [1.82, 2.24) is 5.32 Å². The number of rotatable bonds is 4. The SMILES string of the molecule is COC(C)(C)CNC(=O)c1sc2cccc(Cl)c2c1N. The number of amides is 1. The van der Waals surface area contributed by atoms with Crippen molar-refractivity contribution in [3.8, 4) is 0 Å². The van der Waals surface area contributed by atoms with Crippen LogP contribution in [0.4, 0.5) is 5.69 Å². The van der Waals surface area contributed by atoms with Crippen LogP contribution in [-0.4, -0.2) is 25.2 Å². The highest BCUT2D eigenvalue weighted by Gasteiger charge is 2.21. The van der Waals surface area contributed by atoms with Gasteiger partial charge in [-0.2, -0.15) is 0 Å². The fourth-order valence-electron chi connectivity index (χ4n) is 1.74. The summed E-state index contributed by atoms with van der Waals surface area (Å²) >= 11 is 7.47. The summed E-state index contributed by atoms with van der Waals surface area (Å²) in [7, 11) is 1.61. The molecule has 20 heavy (non-hydrogen) atoms. The molecule has 0 aliphatic heterocycles. The van der Waals surface area contributed by atoms with Crippen LogP contribution in [0.2, 0.25) is 5.02 Å². The summed E-state index contributed by atoms with van der Waals surface area (Å²) in [4.78, 5) is 12.7. The Labute approximate surface area is 126 Å². The Balaban J connectivity index is 2.27. The molecule has 0 atom stereocenters. The average Bonchev–Trinajstić information content (AvgIpc) is 2.75. The Morgan fingerprint density at radius 3 is 2.80 bits per heavy atom. The Kier molecular flexibility index (Phi) is 4.22. The van der Waals surface area contributed by atoms with Gasteiger partial charge in [-0.1, -0.05) is 17.7 Å². The van der Waals surface area contributed by atoms with Crippen LogP contribution in [0.3, 0.4) is 0 Å². The van der Waals surface area contributed by atoms with Crippen LogP contribution in [0.5, 0.6) is 0 Å². The number of fused-ring (bicyclic) bond motifs is 1. The number of nitrogens with one attached hydrogen (secondary N) is 1. The van der Waals surface area contributed by atoms with Gasteiger partial charge >= 0.3 is 0 Å². The van der Waals surface area contributed by atoms with Crippen LogP contribution < -0.4 is 11.1 Å². The van der Waals surface area contributed by atoms with Gasteiger partial charge in [-0.15, -0.1) is 11.3 Å². The third-order valence-electron chi connectivity index (χ3n) is 3.13. The van der Waals surface area contributed by atoms with Gasteiger partial charge in [0.1, 0.15) is 4.88 Å². The quantitative estimate of drug-likeness (QED) is 0.910. The molecule has 0 radical (unpaired) electrons. The molecule has 4 nitrogen and oxygen atoms in total. The van der Waals surface area contributed by atoms with Gasteiger partial charge in [-0.3, -0.25) is 4.79 Å². The molecule has 1 aromatic heterocycles. The molecule has 0 unspecified atom stereocenters. The molecule has 1 aromatic carbocycles. The van der Waals surface area contributed by atoms with Crippen LogP contribution in [-0.2, 0) is 4.74 Å². The minimum Gasteiger partial charge on any atom is -0.397 e. The summed E-state index contributed by atoms with van der Waals surface area (Å²) in [5, 5.41) is 4.14. The molecule has 0 saturated heterocycles. The van der Waals surface area contributed by atoms with Crippen LogP contribution in [0.1, 0.15) is 23.5 Å². The predicted octanol–water partition coefficient (Wildman–Crippen LogP) is 3.29. The first-order valence-electron chi connectivity index (χ1n) is 6.15. The van der Waals surface area contributed by atoms with E-state index >= 15 is 0 Å². The molecule has 0 saturated carbocycles. The second-order valence-corrected chi connectivity index (χ2v) is 6.56. The largest absolute Gasteiger partial charge is 0.397 e. The highest BCUT2D eigenvalue weighted by Crippen LogP contribution is 2.37. The summed E-state index contributed by atoms with van der Waals surface area (Å²) in [6.07, 6.45) is 0. The van der Waals surface area contributed by atoms with Gasteiger partial charge in [0.15, 0.2) is 0 Å². The number of hydrogen-bond acceptors (Lipinski definition) is 4. The number of methoxy groups -OCH3 is 1. The van der Waals surface area contributed by atoms with Gasteiger partial charge < -0.3 is 15.8 Å². The van der Waals surface area contributed by atoms with Crippen LogP contribution >= 0.6 is 22.9 Å². The average molecular weight is 313 g/mol. The van der Waals surface area contributed by atoms with E-state index in [1.54, 1.807) is 13.2 Å². The number of carbonyl (C=O) groups excluding carboxylic acids is 1. The maximum absolute atomic E-state index is 12.2. The molecule has 0 aliphatic rings. The maximum Gasteiger partial charge on any atom is 0.263 e. The number of anilines is 1. The van der Waals surface area contributed by atoms with Gasteiger partial charge in [0.05, 0.1) is 16.3 Å². The summed E-state index contributed by atoms with van der Waals surface area (Å²) in [5.74, 6) is -0.204. The van der Waals surface area contributed by atoms with E-state index in [1.807, 2.05) is 26.0 Å². The number of carbonyl (C=O) groups is 1. The zero-order chi connectivity index (χ0) is 14.9. The first-order valence-corrected chi connectivity index (χ1v) is 7.35. The van der Waals surface area contributed by atoms with Crippen molar-refractivity contribution in [3.05, 3.63) is 28.1 Å². The smallest absolute Gasteiger partial charge is 0.263 e. The fourth-order valence-corrected chi connectivity index (χ4v) is 3.14. The lowest BCUT2D eigenvalue weighted by atomic mass is 10.1. The minimum absolute atomic E-state index is 0.204. The van der Waals surface area contributed by atoms with Gasteiger partial charge in [0.25, 0.3) is 5.91 Å². The van der Waals surface area contributed by atoms with Crippen molar-refractivity contribution >= 4 is 44.6 Å². The van der Waals surface area contributed by atoms with E-state index in [2.05, 4.69) is 5.32 Å². The molecular formula is C14H17ClN2O2S. The van der Waals surface area contributed by atoms with E-state index in [0.29, 0.717) is 22.1 Å². The van der Waals surface area contributed by atoms with E-state index < -0.39 is 5.60 Å². The number of halogens is 1. The first kappa shape index (κ1) is 15.1. The summed E-state index contributed by atoms with van der Waals surface area (Å²) in [5.41, 5.74) is 6.06. The second kappa shape index (κ2) is 5.60. The van der Waals surface area contributed by atoms with E-state index in [-0.39, 0.29) is 5.91 Å². The number of ether oxygens (including phenoxy) is 1. The summed E-state index contributed by atoms with van der Waals surface area (Å²) < 4.78 is 6.18. The van der Waals surface area contributed by atoms with E-state index in [1.165, 1.54) is 11.3 Å². The Hall–Kier alpha value is -1.30. The van der Waals surface area contributed by atoms with Crippen molar-refractivity contribution < 1.29 is 9.53 Å². The topological polar surface area (TPSA) is 64.3 Å². The Morgan fingerprint density at radius 2 is 2.20 bits per heavy atom. The van der Waals surface area contributed by atoms with E-state index in [9.17, 15) is 4.79 Å². The molecule has 0 bridgehead atoms. The van der Waals surface area contributed by atoms with Gasteiger partial charge in [0, 0.05) is 23.7 Å². The number of nitrogens with two attached hydrogens (primary N) is 1. The first-order chi connectivity index (χ1) is 9.35. The summed E-state index contributed by atoms with van der Waals surface area (Å²) in [6.45, 7) is 4.21. The van der Waals surface area contributed by atoms with Crippen molar-refractivity contribution in [3.63, 3.8) is 0 Å². The van der Waals surface area contributed by atoms with E-state index in [4.69, 9.17) is 22.1 Å². The molecule has 108 valence electrons. The van der Waals surface area contributed by atoms with Crippen LogP contribution in [0, 0.1) is 0 Å². The molecule has 2 rings (SSSR count). The standard InChI is InChI=1S/C14H17ClN2O2S/c1-14(2,19-3)7-17-13(18)12-11(16)10-8(15)5-4-6-9(10)20-12/h4-6H,7,16H2,1-3H3,(H,17,18). The zero-order valence-electron chi connectivity index (χ0n) is 11.6. The highest BCUT2D eigenvalue weighted by atomic mass is 35.5. The molecule has 0 aliphatic carbocycles. The minimum atomic E-state index is -0.418. The molecule has 2 aromatic rings. The second-order valence-electron chi connectivity index (χ2n) is 5.10. The van der Waals surface area contributed by atoms with Gasteiger partial charge in [-0.25, -0.2) is 0 Å². The monoisotopic (exact) mass is 312 g/mol. The Morgan fingerprint density at radius 1 is 1.50 bits per heavy atom. The van der Waals surface area contributed by atoms with Crippen LogP contribution in [0.15, 0.2) is 18.2 Å². The lowest BCUT2D eigenvalue weighted by Gasteiger charge is -2.22. The zero-order valence-corrected chi connectivity index (χ0v) is 13.2.